The Hall–Kier alpha value is -2.21. The minimum atomic E-state index is -0.646. The molecule has 0 aromatic carbocycles. The van der Waals surface area contributed by atoms with Gasteiger partial charge >= 0.3 is 5.97 Å². The predicted octanol–water partition coefficient (Wildman–Crippen LogP) is 1.67. The highest BCUT2D eigenvalue weighted by Crippen LogP contribution is 2.33. The van der Waals surface area contributed by atoms with Gasteiger partial charge in [-0.1, -0.05) is 0 Å². The van der Waals surface area contributed by atoms with Crippen LogP contribution in [-0.4, -0.2) is 36.3 Å². The van der Waals surface area contributed by atoms with Crippen molar-refractivity contribution >= 4 is 17.5 Å². The molecule has 1 aliphatic rings. The van der Waals surface area contributed by atoms with Gasteiger partial charge in [-0.2, -0.15) is 0 Å². The number of hydrogen-bond donors (Lipinski definition) is 0. The molecule has 0 aliphatic heterocycles. The lowest BCUT2D eigenvalue weighted by Crippen LogP contribution is -2.22. The maximum absolute atomic E-state index is 12.5. The number of allylic oxidation sites excluding steroid dienone is 2. The van der Waals surface area contributed by atoms with Crippen LogP contribution >= 0.6 is 0 Å². The molecule has 1 aromatic rings. The number of esters is 1. The van der Waals surface area contributed by atoms with E-state index in [1.165, 1.54) is 14.2 Å². The molecule has 2 rings (SSSR count). The van der Waals surface area contributed by atoms with E-state index in [-0.39, 0.29) is 35.0 Å². The number of rotatable bonds is 3. The number of methoxy groups -OCH3 is 2. The van der Waals surface area contributed by atoms with Crippen LogP contribution in [0.4, 0.5) is 0 Å². The Morgan fingerprint density at radius 3 is 2.19 bits per heavy atom. The van der Waals surface area contributed by atoms with E-state index >= 15 is 0 Å². The second kappa shape index (κ2) is 5.29. The lowest BCUT2D eigenvalue weighted by Gasteiger charge is -2.15. The summed E-state index contributed by atoms with van der Waals surface area (Å²) in [5.74, 6) is -1.22. The van der Waals surface area contributed by atoms with E-state index in [1.54, 1.807) is 25.5 Å². The molecule has 0 bridgehead atoms. The lowest BCUT2D eigenvalue weighted by atomic mass is 9.87. The molecule has 0 N–H and O–H groups in total. The molecule has 0 fully saturated rings. The van der Waals surface area contributed by atoms with E-state index in [9.17, 15) is 14.4 Å². The zero-order valence-electron chi connectivity index (χ0n) is 12.7. The Morgan fingerprint density at radius 2 is 1.67 bits per heavy atom. The van der Waals surface area contributed by atoms with Gasteiger partial charge in [-0.25, -0.2) is 4.79 Å². The number of ketones is 2. The standard InChI is InChI=1S/C15H17NO5/c1-7-8(2)14(18)12-11(13(7)17)10(15(19)21-5)9(6-20-4)16(12)3/h6H2,1-5H3. The van der Waals surface area contributed by atoms with Crippen LogP contribution in [0.25, 0.3) is 0 Å². The number of nitrogens with zero attached hydrogens (tertiary/aromatic N) is 1. The highest BCUT2D eigenvalue weighted by molar-refractivity contribution is 6.28. The molecule has 1 heterocycles. The SMILES string of the molecule is COCc1c(C(=O)OC)c2c(n1C)C(=O)C(C)=C(C)C2=O. The quantitative estimate of drug-likeness (QED) is 0.792. The monoisotopic (exact) mass is 291 g/mol. The number of aromatic nitrogens is 1. The van der Waals surface area contributed by atoms with Gasteiger partial charge in [0.15, 0.2) is 5.78 Å². The summed E-state index contributed by atoms with van der Waals surface area (Å²) in [5.41, 5.74) is 1.65. The molecule has 0 atom stereocenters. The van der Waals surface area contributed by atoms with Crippen LogP contribution in [-0.2, 0) is 23.1 Å². The summed E-state index contributed by atoms with van der Waals surface area (Å²) in [6, 6.07) is 0. The predicted molar refractivity (Wildman–Crippen MR) is 74.5 cm³/mol. The molecule has 6 heteroatoms. The second-order valence-electron chi connectivity index (χ2n) is 4.94. The van der Waals surface area contributed by atoms with Crippen molar-refractivity contribution < 1.29 is 23.9 Å². The molecule has 1 aromatic heterocycles. The first-order chi connectivity index (χ1) is 9.86. The first kappa shape index (κ1) is 15.2. The van der Waals surface area contributed by atoms with Gasteiger partial charge in [0.05, 0.1) is 30.5 Å². The summed E-state index contributed by atoms with van der Waals surface area (Å²) in [7, 11) is 4.35. The van der Waals surface area contributed by atoms with Gasteiger partial charge in [0, 0.05) is 25.3 Å². The summed E-state index contributed by atoms with van der Waals surface area (Å²) >= 11 is 0. The van der Waals surface area contributed by atoms with Crippen molar-refractivity contribution in [1.29, 1.82) is 0 Å². The van der Waals surface area contributed by atoms with E-state index in [2.05, 4.69) is 0 Å². The van der Waals surface area contributed by atoms with Crippen LogP contribution in [0, 0.1) is 0 Å². The van der Waals surface area contributed by atoms with Crippen LogP contribution in [0.5, 0.6) is 0 Å². The minimum absolute atomic E-state index is 0.104. The van der Waals surface area contributed by atoms with Crippen molar-refractivity contribution in [2.24, 2.45) is 7.05 Å². The topological polar surface area (TPSA) is 74.6 Å². The Bertz CT molecular complexity index is 693. The van der Waals surface area contributed by atoms with Gasteiger partial charge in [0.2, 0.25) is 5.78 Å². The fraction of sp³-hybridized carbons (Fsp3) is 0.400. The Balaban J connectivity index is 2.84. The van der Waals surface area contributed by atoms with Gasteiger partial charge in [0.1, 0.15) is 5.69 Å². The Labute approximate surface area is 122 Å². The van der Waals surface area contributed by atoms with Gasteiger partial charge in [-0.05, 0) is 13.8 Å². The molecule has 0 radical (unpaired) electrons. The zero-order chi connectivity index (χ0) is 15.9. The van der Waals surface area contributed by atoms with Crippen LogP contribution < -0.4 is 0 Å². The molecule has 0 spiro atoms. The zero-order valence-corrected chi connectivity index (χ0v) is 12.7. The molecule has 0 saturated heterocycles. The third-order valence-corrected chi connectivity index (χ3v) is 3.87. The maximum Gasteiger partial charge on any atom is 0.340 e. The Kier molecular flexibility index (Phi) is 3.82. The number of Topliss-reactive ketones (excluding diaryl/α,β-unsaturated/α-hetero) is 2. The fourth-order valence-corrected chi connectivity index (χ4v) is 2.55. The number of ether oxygens (including phenoxy) is 2. The van der Waals surface area contributed by atoms with Crippen LogP contribution in [0.2, 0.25) is 0 Å². The largest absolute Gasteiger partial charge is 0.465 e. The van der Waals surface area contributed by atoms with Crippen LogP contribution in [0.3, 0.4) is 0 Å². The first-order valence-electron chi connectivity index (χ1n) is 6.42. The van der Waals surface area contributed by atoms with E-state index in [1.807, 2.05) is 0 Å². The highest BCUT2D eigenvalue weighted by atomic mass is 16.5. The molecule has 6 nitrogen and oxygen atoms in total. The minimum Gasteiger partial charge on any atom is -0.465 e. The maximum atomic E-state index is 12.5. The van der Waals surface area contributed by atoms with E-state index < -0.39 is 5.97 Å². The lowest BCUT2D eigenvalue weighted by molar-refractivity contribution is 0.0592. The van der Waals surface area contributed by atoms with Gasteiger partial charge < -0.3 is 14.0 Å². The van der Waals surface area contributed by atoms with Gasteiger partial charge in [-0.15, -0.1) is 0 Å². The van der Waals surface area contributed by atoms with E-state index in [4.69, 9.17) is 9.47 Å². The van der Waals surface area contributed by atoms with Crippen molar-refractivity contribution in [3.05, 3.63) is 33.7 Å². The molecule has 1 aliphatic carbocycles. The average molecular weight is 291 g/mol. The normalized spacial score (nSPS) is 14.5. The first-order valence-corrected chi connectivity index (χ1v) is 6.42. The number of carbonyl (C=O) groups excluding carboxylic acids is 3. The third-order valence-electron chi connectivity index (χ3n) is 3.87. The molecule has 0 amide bonds. The number of fused-ring (bicyclic) bond motifs is 1. The van der Waals surface area contributed by atoms with Crippen LogP contribution in [0.15, 0.2) is 11.1 Å². The van der Waals surface area contributed by atoms with Crippen molar-refractivity contribution in [2.45, 2.75) is 20.5 Å². The highest BCUT2D eigenvalue weighted by Gasteiger charge is 2.38. The van der Waals surface area contributed by atoms with Crippen molar-refractivity contribution in [3.8, 4) is 0 Å². The van der Waals surface area contributed by atoms with Crippen LogP contribution in [0.1, 0.15) is 50.7 Å². The summed E-state index contributed by atoms with van der Waals surface area (Å²) in [6.07, 6.45) is 0. The second-order valence-corrected chi connectivity index (χ2v) is 4.94. The van der Waals surface area contributed by atoms with E-state index in [0.29, 0.717) is 16.8 Å². The summed E-state index contributed by atoms with van der Waals surface area (Å²) < 4.78 is 11.4. The summed E-state index contributed by atoms with van der Waals surface area (Å²) in [6.45, 7) is 3.30. The molecule has 0 unspecified atom stereocenters. The van der Waals surface area contributed by atoms with Crippen molar-refractivity contribution in [1.82, 2.24) is 4.57 Å². The fourth-order valence-electron chi connectivity index (χ4n) is 2.55. The van der Waals surface area contributed by atoms with Crippen molar-refractivity contribution in [3.63, 3.8) is 0 Å². The molecular formula is C15H17NO5. The summed E-state index contributed by atoms with van der Waals surface area (Å²) in [5, 5.41) is 0. The molecular weight excluding hydrogens is 274 g/mol. The Morgan fingerprint density at radius 1 is 1.10 bits per heavy atom. The van der Waals surface area contributed by atoms with E-state index in [0.717, 1.165) is 0 Å². The molecule has 0 saturated carbocycles. The summed E-state index contributed by atoms with van der Waals surface area (Å²) in [4.78, 5) is 37.0. The third kappa shape index (κ3) is 2.03. The van der Waals surface area contributed by atoms with Gasteiger partial charge in [0.25, 0.3) is 0 Å². The van der Waals surface area contributed by atoms with Gasteiger partial charge in [-0.3, -0.25) is 9.59 Å². The smallest absolute Gasteiger partial charge is 0.340 e. The molecule has 112 valence electrons. The number of hydrogen-bond acceptors (Lipinski definition) is 5. The number of carbonyl (C=O) groups is 3. The molecule has 21 heavy (non-hydrogen) atoms. The average Bonchev–Trinajstić information content (AvgIpc) is 2.76. The van der Waals surface area contributed by atoms with Crippen molar-refractivity contribution in [2.75, 3.05) is 14.2 Å².